The van der Waals surface area contributed by atoms with Gasteiger partial charge in [0.1, 0.15) is 0 Å². The van der Waals surface area contributed by atoms with Crippen molar-refractivity contribution in [2.45, 2.75) is 13.3 Å². The van der Waals surface area contributed by atoms with Crippen LogP contribution in [0.25, 0.3) is 6.08 Å². The van der Waals surface area contributed by atoms with Gasteiger partial charge in [-0.2, -0.15) is 0 Å². The van der Waals surface area contributed by atoms with Crippen LogP contribution in [0.2, 0.25) is 5.02 Å². The molecule has 0 fully saturated rings. The van der Waals surface area contributed by atoms with E-state index in [-0.39, 0.29) is 5.78 Å². The number of allylic oxidation sites excluding steroid dienone is 2. The summed E-state index contributed by atoms with van der Waals surface area (Å²) in [6.07, 6.45) is 4.70. The van der Waals surface area contributed by atoms with Crippen LogP contribution in [0.4, 0.5) is 0 Å². The molecule has 2 aromatic rings. The monoisotopic (exact) mass is 283 g/mol. The van der Waals surface area contributed by atoms with Crippen molar-refractivity contribution < 1.29 is 4.79 Å². The Bertz CT molecular complexity index is 735. The maximum Gasteiger partial charge on any atom is 0.195 e. The Balaban J connectivity index is 2.08. The van der Waals surface area contributed by atoms with E-state index in [1.54, 1.807) is 24.3 Å². The van der Waals surface area contributed by atoms with Gasteiger partial charge in [0.15, 0.2) is 5.78 Å². The van der Waals surface area contributed by atoms with Crippen molar-refractivity contribution >= 4 is 23.5 Å². The van der Waals surface area contributed by atoms with E-state index in [0.29, 0.717) is 10.6 Å². The predicted molar refractivity (Wildman–Crippen MR) is 82.3 cm³/mol. The first-order valence-electron chi connectivity index (χ1n) is 6.44. The second kappa shape index (κ2) is 4.80. The zero-order chi connectivity index (χ0) is 14.3. The molecular weight excluding hydrogens is 270 g/mol. The molecule has 0 bridgehead atoms. The number of aromatic nitrogens is 1. The van der Waals surface area contributed by atoms with Crippen LogP contribution in [-0.4, -0.2) is 10.8 Å². The smallest absolute Gasteiger partial charge is 0.195 e. The van der Waals surface area contributed by atoms with Gasteiger partial charge in [-0.25, -0.2) is 0 Å². The fourth-order valence-corrected chi connectivity index (χ4v) is 2.68. The van der Waals surface area contributed by atoms with E-state index < -0.39 is 0 Å². The molecule has 2 nitrogen and oxygen atoms in total. The van der Waals surface area contributed by atoms with E-state index in [2.05, 4.69) is 11.6 Å². The van der Waals surface area contributed by atoms with Crippen LogP contribution in [0, 0.1) is 6.92 Å². The van der Waals surface area contributed by atoms with Crippen molar-refractivity contribution in [3.8, 4) is 0 Å². The molecule has 20 heavy (non-hydrogen) atoms. The first-order chi connectivity index (χ1) is 9.56. The summed E-state index contributed by atoms with van der Waals surface area (Å²) in [6, 6.07) is 6.99. The van der Waals surface area contributed by atoms with Crippen molar-refractivity contribution in [1.29, 1.82) is 0 Å². The van der Waals surface area contributed by atoms with Crippen molar-refractivity contribution in [2.75, 3.05) is 0 Å². The van der Waals surface area contributed by atoms with Gasteiger partial charge in [-0.3, -0.25) is 4.79 Å². The van der Waals surface area contributed by atoms with Crippen LogP contribution in [-0.2, 0) is 6.42 Å². The summed E-state index contributed by atoms with van der Waals surface area (Å²) in [5, 5.41) is 0.630. The predicted octanol–water partition coefficient (Wildman–Crippen LogP) is 4.33. The number of aryl methyl sites for hydroxylation is 1. The van der Waals surface area contributed by atoms with Gasteiger partial charge in [0.2, 0.25) is 0 Å². The maximum atomic E-state index is 12.7. The summed E-state index contributed by atoms with van der Waals surface area (Å²) in [6.45, 7) is 5.89. The molecule has 1 aliphatic carbocycles. The largest absolute Gasteiger partial charge is 0.361 e. The molecule has 0 radical (unpaired) electrons. The third-order valence-electron chi connectivity index (χ3n) is 3.53. The Morgan fingerprint density at radius 3 is 2.65 bits per heavy atom. The minimum atomic E-state index is 0.0221. The van der Waals surface area contributed by atoms with Crippen LogP contribution < -0.4 is 0 Å². The molecule has 0 atom stereocenters. The summed E-state index contributed by atoms with van der Waals surface area (Å²) in [5.74, 6) is 0.0221. The number of ketones is 1. The molecular formula is C17H14ClNO. The number of nitrogens with one attached hydrogen (secondary N) is 1. The summed E-state index contributed by atoms with van der Waals surface area (Å²) < 4.78 is 0. The maximum absolute atomic E-state index is 12.7. The standard InChI is InChI=1S/C17H14ClNO/c1-10-3-8-14-15(9-10)19-11(2)16(14)17(20)12-4-6-13(18)7-5-12/h3-8,19H,1,9H2,2H3. The van der Waals surface area contributed by atoms with E-state index >= 15 is 0 Å². The van der Waals surface area contributed by atoms with Crippen molar-refractivity contribution in [3.05, 3.63) is 75.6 Å². The van der Waals surface area contributed by atoms with Gasteiger partial charge in [0, 0.05) is 34.0 Å². The molecule has 0 unspecified atom stereocenters. The number of hydrogen-bond acceptors (Lipinski definition) is 1. The van der Waals surface area contributed by atoms with Crippen LogP contribution in [0.3, 0.4) is 0 Å². The lowest BCUT2D eigenvalue weighted by Crippen LogP contribution is -2.05. The van der Waals surface area contributed by atoms with E-state index in [0.717, 1.165) is 34.5 Å². The molecule has 100 valence electrons. The first kappa shape index (κ1) is 12.9. The summed E-state index contributed by atoms with van der Waals surface area (Å²) in [7, 11) is 0. The van der Waals surface area contributed by atoms with Crippen LogP contribution in [0.5, 0.6) is 0 Å². The third-order valence-corrected chi connectivity index (χ3v) is 3.78. The lowest BCUT2D eigenvalue weighted by Gasteiger charge is -2.08. The number of rotatable bonds is 2. The number of hydrogen-bond donors (Lipinski definition) is 1. The average molecular weight is 284 g/mol. The Morgan fingerprint density at radius 2 is 1.95 bits per heavy atom. The number of halogens is 1. The molecule has 0 amide bonds. The van der Waals surface area contributed by atoms with Gasteiger partial charge in [-0.1, -0.05) is 30.3 Å². The number of aromatic amines is 1. The van der Waals surface area contributed by atoms with Crippen molar-refractivity contribution in [1.82, 2.24) is 4.98 Å². The summed E-state index contributed by atoms with van der Waals surface area (Å²) in [5.41, 5.74) is 5.38. The Kier molecular flexibility index (Phi) is 3.11. The number of carbonyl (C=O) groups excluding carboxylic acids is 1. The quantitative estimate of drug-likeness (QED) is 0.818. The van der Waals surface area contributed by atoms with Gasteiger partial charge in [0.25, 0.3) is 0 Å². The highest BCUT2D eigenvalue weighted by Crippen LogP contribution is 2.29. The second-order valence-electron chi connectivity index (χ2n) is 5.02. The zero-order valence-corrected chi connectivity index (χ0v) is 11.9. The van der Waals surface area contributed by atoms with E-state index in [1.807, 2.05) is 19.1 Å². The molecule has 0 saturated carbocycles. The molecule has 0 spiro atoms. The zero-order valence-electron chi connectivity index (χ0n) is 11.2. The lowest BCUT2D eigenvalue weighted by molar-refractivity contribution is 0.103. The first-order valence-corrected chi connectivity index (χ1v) is 6.81. The van der Waals surface area contributed by atoms with Crippen LogP contribution >= 0.6 is 11.6 Å². The summed E-state index contributed by atoms with van der Waals surface area (Å²) in [4.78, 5) is 16.0. The van der Waals surface area contributed by atoms with E-state index in [4.69, 9.17) is 11.6 Å². The molecule has 1 heterocycles. The molecule has 0 aliphatic heterocycles. The molecule has 1 aromatic carbocycles. The molecule has 1 N–H and O–H groups in total. The Morgan fingerprint density at radius 1 is 1.25 bits per heavy atom. The number of benzene rings is 1. The van der Waals surface area contributed by atoms with Crippen LogP contribution in [0.15, 0.2) is 42.5 Å². The molecule has 1 aromatic heterocycles. The van der Waals surface area contributed by atoms with Crippen molar-refractivity contribution in [3.63, 3.8) is 0 Å². The normalized spacial score (nSPS) is 13.4. The van der Waals surface area contributed by atoms with Gasteiger partial charge < -0.3 is 4.98 Å². The van der Waals surface area contributed by atoms with Gasteiger partial charge in [0.05, 0.1) is 5.56 Å². The minimum absolute atomic E-state index is 0.0221. The fraction of sp³-hybridized carbons (Fsp3) is 0.118. The fourth-order valence-electron chi connectivity index (χ4n) is 2.56. The summed E-state index contributed by atoms with van der Waals surface area (Å²) >= 11 is 5.87. The van der Waals surface area contributed by atoms with Gasteiger partial charge in [-0.05, 0) is 36.8 Å². The SMILES string of the molecule is C=C1C=Cc2c([nH]c(C)c2C(=O)c2ccc(Cl)cc2)C1. The Labute approximate surface area is 122 Å². The lowest BCUT2D eigenvalue weighted by atomic mass is 9.94. The van der Waals surface area contributed by atoms with E-state index in [9.17, 15) is 4.79 Å². The Hall–Kier alpha value is -2.06. The second-order valence-corrected chi connectivity index (χ2v) is 5.46. The highest BCUT2D eigenvalue weighted by molar-refractivity contribution is 6.30. The third kappa shape index (κ3) is 2.12. The average Bonchev–Trinajstić information content (AvgIpc) is 2.73. The molecule has 0 saturated heterocycles. The molecule has 1 aliphatic rings. The van der Waals surface area contributed by atoms with E-state index in [1.165, 1.54) is 0 Å². The minimum Gasteiger partial charge on any atom is -0.361 e. The van der Waals surface area contributed by atoms with Gasteiger partial charge >= 0.3 is 0 Å². The number of carbonyl (C=O) groups is 1. The highest BCUT2D eigenvalue weighted by Gasteiger charge is 2.22. The highest BCUT2D eigenvalue weighted by atomic mass is 35.5. The number of H-pyrrole nitrogens is 1. The topological polar surface area (TPSA) is 32.9 Å². The van der Waals surface area contributed by atoms with Crippen LogP contribution in [0.1, 0.15) is 32.9 Å². The number of fused-ring (bicyclic) bond motifs is 1. The molecule has 3 heteroatoms. The molecule has 3 rings (SSSR count). The van der Waals surface area contributed by atoms with Gasteiger partial charge in [-0.15, -0.1) is 0 Å². The van der Waals surface area contributed by atoms with Crippen molar-refractivity contribution in [2.24, 2.45) is 0 Å².